The lowest BCUT2D eigenvalue weighted by Gasteiger charge is -2.27. The van der Waals surface area contributed by atoms with Gasteiger partial charge in [0.15, 0.2) is 0 Å². The standard InChI is InChI=1S/C14H19ClN2OS/c1-3-17(10-6-7-16-9-10)14(18)12-8-11(19-2)4-5-13(12)15/h4-5,8,10,16H,3,6-7,9H2,1-2H3. The molecule has 104 valence electrons. The van der Waals surface area contributed by atoms with Crippen LogP contribution in [0.2, 0.25) is 5.02 Å². The van der Waals surface area contributed by atoms with Gasteiger partial charge in [-0.05, 0) is 44.3 Å². The molecule has 1 aromatic rings. The van der Waals surface area contributed by atoms with E-state index in [0.717, 1.165) is 24.4 Å². The molecule has 0 spiro atoms. The number of likely N-dealkylation sites (N-methyl/N-ethyl adjacent to an activating group) is 1. The molecule has 0 aliphatic carbocycles. The predicted molar refractivity (Wildman–Crippen MR) is 81.2 cm³/mol. The topological polar surface area (TPSA) is 32.3 Å². The summed E-state index contributed by atoms with van der Waals surface area (Å²) in [5.41, 5.74) is 0.613. The Bertz CT molecular complexity index is 461. The fourth-order valence-corrected chi connectivity index (χ4v) is 3.06. The summed E-state index contributed by atoms with van der Waals surface area (Å²) >= 11 is 7.80. The molecule has 1 saturated heterocycles. The van der Waals surface area contributed by atoms with Crippen molar-refractivity contribution in [3.8, 4) is 0 Å². The van der Waals surface area contributed by atoms with Crippen molar-refractivity contribution < 1.29 is 4.79 Å². The maximum Gasteiger partial charge on any atom is 0.255 e. The highest BCUT2D eigenvalue weighted by Gasteiger charge is 2.27. The Morgan fingerprint density at radius 2 is 2.37 bits per heavy atom. The van der Waals surface area contributed by atoms with E-state index in [1.165, 1.54) is 0 Å². The van der Waals surface area contributed by atoms with Crippen molar-refractivity contribution in [2.24, 2.45) is 0 Å². The molecule has 5 heteroatoms. The molecule has 1 aromatic carbocycles. The van der Waals surface area contributed by atoms with E-state index in [-0.39, 0.29) is 11.9 Å². The fourth-order valence-electron chi connectivity index (χ4n) is 2.42. The Labute approximate surface area is 123 Å². The molecule has 1 fully saturated rings. The number of carbonyl (C=O) groups excluding carboxylic acids is 1. The molecule has 1 atom stereocenters. The summed E-state index contributed by atoms with van der Waals surface area (Å²) in [7, 11) is 0. The van der Waals surface area contributed by atoms with Gasteiger partial charge < -0.3 is 10.2 Å². The summed E-state index contributed by atoms with van der Waals surface area (Å²) in [6.07, 6.45) is 3.01. The molecule has 1 N–H and O–H groups in total. The Hall–Kier alpha value is -0.710. The number of thioether (sulfide) groups is 1. The van der Waals surface area contributed by atoms with Gasteiger partial charge in [-0.25, -0.2) is 0 Å². The Kier molecular flexibility index (Phi) is 5.13. The van der Waals surface area contributed by atoms with Crippen LogP contribution in [0.15, 0.2) is 23.1 Å². The summed E-state index contributed by atoms with van der Waals surface area (Å²) in [5.74, 6) is 0.0390. The van der Waals surface area contributed by atoms with Crippen molar-refractivity contribution in [2.45, 2.75) is 24.3 Å². The largest absolute Gasteiger partial charge is 0.335 e. The third-order valence-corrected chi connectivity index (χ3v) is 4.54. The molecule has 1 amide bonds. The van der Waals surface area contributed by atoms with Gasteiger partial charge >= 0.3 is 0 Å². The summed E-state index contributed by atoms with van der Waals surface area (Å²) < 4.78 is 0. The summed E-state index contributed by atoms with van der Waals surface area (Å²) in [5, 5.41) is 3.83. The number of hydrogen-bond donors (Lipinski definition) is 1. The van der Waals surface area contributed by atoms with Crippen molar-refractivity contribution in [2.75, 3.05) is 25.9 Å². The van der Waals surface area contributed by atoms with E-state index < -0.39 is 0 Å². The molecule has 0 bridgehead atoms. The minimum atomic E-state index is 0.0390. The van der Waals surface area contributed by atoms with Crippen molar-refractivity contribution >= 4 is 29.3 Å². The van der Waals surface area contributed by atoms with Gasteiger partial charge in [-0.2, -0.15) is 0 Å². The summed E-state index contributed by atoms with van der Waals surface area (Å²) in [6, 6.07) is 5.92. The normalized spacial score (nSPS) is 18.6. The van der Waals surface area contributed by atoms with Crippen LogP contribution >= 0.6 is 23.4 Å². The first-order valence-corrected chi connectivity index (χ1v) is 8.12. The Morgan fingerprint density at radius 3 is 2.95 bits per heavy atom. The van der Waals surface area contributed by atoms with Gasteiger partial charge in [0.05, 0.1) is 10.6 Å². The van der Waals surface area contributed by atoms with E-state index in [2.05, 4.69) is 5.32 Å². The molecule has 3 nitrogen and oxygen atoms in total. The molecular weight excluding hydrogens is 280 g/mol. The van der Waals surface area contributed by atoms with Gasteiger partial charge in [0.2, 0.25) is 0 Å². The number of carbonyl (C=O) groups is 1. The Balaban J connectivity index is 2.25. The van der Waals surface area contributed by atoms with Gasteiger partial charge in [-0.1, -0.05) is 11.6 Å². The lowest BCUT2D eigenvalue weighted by atomic mass is 10.1. The third kappa shape index (κ3) is 3.25. The number of halogens is 1. The number of benzene rings is 1. The van der Waals surface area contributed by atoms with E-state index in [4.69, 9.17) is 11.6 Å². The van der Waals surface area contributed by atoms with Crippen molar-refractivity contribution in [1.82, 2.24) is 10.2 Å². The second-order valence-electron chi connectivity index (χ2n) is 4.58. The van der Waals surface area contributed by atoms with Gasteiger partial charge in [0.1, 0.15) is 0 Å². The van der Waals surface area contributed by atoms with E-state index in [1.54, 1.807) is 17.8 Å². The number of nitrogens with zero attached hydrogens (tertiary/aromatic N) is 1. The smallest absolute Gasteiger partial charge is 0.255 e. The molecule has 1 aliphatic heterocycles. The minimum Gasteiger partial charge on any atom is -0.335 e. The first-order valence-electron chi connectivity index (χ1n) is 6.52. The van der Waals surface area contributed by atoms with Crippen LogP contribution in [-0.4, -0.2) is 42.7 Å². The van der Waals surface area contributed by atoms with E-state index in [1.807, 2.05) is 30.2 Å². The molecule has 0 saturated carbocycles. The summed E-state index contributed by atoms with van der Waals surface area (Å²) in [6.45, 7) is 4.58. The molecule has 19 heavy (non-hydrogen) atoms. The fraction of sp³-hybridized carbons (Fsp3) is 0.500. The van der Waals surface area contributed by atoms with Crippen molar-refractivity contribution in [1.29, 1.82) is 0 Å². The van der Waals surface area contributed by atoms with Crippen LogP contribution in [0.5, 0.6) is 0 Å². The zero-order chi connectivity index (χ0) is 13.8. The minimum absolute atomic E-state index is 0.0390. The lowest BCUT2D eigenvalue weighted by molar-refractivity contribution is 0.0703. The molecule has 0 radical (unpaired) electrons. The highest BCUT2D eigenvalue weighted by molar-refractivity contribution is 7.98. The predicted octanol–water partition coefficient (Wildman–Crippen LogP) is 2.89. The SMILES string of the molecule is CCN(C(=O)c1cc(SC)ccc1Cl)C1CCNC1. The van der Waals surface area contributed by atoms with E-state index in [9.17, 15) is 4.79 Å². The number of rotatable bonds is 4. The quantitative estimate of drug-likeness (QED) is 0.868. The second kappa shape index (κ2) is 6.64. The first kappa shape index (κ1) is 14.7. The van der Waals surface area contributed by atoms with Gasteiger partial charge in [-0.15, -0.1) is 11.8 Å². The molecular formula is C14H19ClN2OS. The van der Waals surface area contributed by atoms with Crippen LogP contribution in [0.1, 0.15) is 23.7 Å². The van der Waals surface area contributed by atoms with Crippen LogP contribution in [0.25, 0.3) is 0 Å². The van der Waals surface area contributed by atoms with E-state index >= 15 is 0 Å². The third-order valence-electron chi connectivity index (χ3n) is 3.48. The van der Waals surface area contributed by atoms with Crippen LogP contribution < -0.4 is 5.32 Å². The van der Waals surface area contributed by atoms with Gasteiger partial charge in [0.25, 0.3) is 5.91 Å². The second-order valence-corrected chi connectivity index (χ2v) is 5.87. The zero-order valence-corrected chi connectivity index (χ0v) is 12.9. The van der Waals surface area contributed by atoms with Crippen LogP contribution in [-0.2, 0) is 0 Å². The van der Waals surface area contributed by atoms with Crippen LogP contribution in [0.3, 0.4) is 0 Å². The molecule has 1 heterocycles. The first-order chi connectivity index (χ1) is 9.17. The molecule has 1 unspecified atom stereocenters. The number of hydrogen-bond acceptors (Lipinski definition) is 3. The van der Waals surface area contributed by atoms with Crippen LogP contribution in [0, 0.1) is 0 Å². The molecule has 1 aliphatic rings. The maximum atomic E-state index is 12.7. The number of amides is 1. The maximum absolute atomic E-state index is 12.7. The highest BCUT2D eigenvalue weighted by Crippen LogP contribution is 2.25. The van der Waals surface area contributed by atoms with E-state index in [0.29, 0.717) is 17.1 Å². The number of nitrogens with one attached hydrogen (secondary N) is 1. The van der Waals surface area contributed by atoms with Crippen molar-refractivity contribution in [3.05, 3.63) is 28.8 Å². The highest BCUT2D eigenvalue weighted by atomic mass is 35.5. The van der Waals surface area contributed by atoms with Gasteiger partial charge in [-0.3, -0.25) is 4.79 Å². The average Bonchev–Trinajstić information content (AvgIpc) is 2.94. The van der Waals surface area contributed by atoms with Crippen LogP contribution in [0.4, 0.5) is 0 Å². The monoisotopic (exact) mass is 298 g/mol. The summed E-state index contributed by atoms with van der Waals surface area (Å²) in [4.78, 5) is 15.6. The lowest BCUT2D eigenvalue weighted by Crippen LogP contribution is -2.41. The average molecular weight is 299 g/mol. The van der Waals surface area contributed by atoms with Gasteiger partial charge in [0, 0.05) is 24.0 Å². The molecule has 2 rings (SSSR count). The molecule has 0 aromatic heterocycles. The van der Waals surface area contributed by atoms with Crippen molar-refractivity contribution in [3.63, 3.8) is 0 Å². The zero-order valence-electron chi connectivity index (χ0n) is 11.3. The Morgan fingerprint density at radius 1 is 1.58 bits per heavy atom.